The van der Waals surface area contributed by atoms with Gasteiger partial charge in [-0.25, -0.2) is 0 Å². The Kier molecular flexibility index (Phi) is 4.40. The van der Waals surface area contributed by atoms with E-state index in [4.69, 9.17) is 5.11 Å². The second kappa shape index (κ2) is 5.83. The minimum Gasteiger partial charge on any atom is -0.481 e. The summed E-state index contributed by atoms with van der Waals surface area (Å²) in [6.45, 7) is 5.69. The molecule has 0 radical (unpaired) electrons. The number of rotatable bonds is 4. The first-order chi connectivity index (χ1) is 8.18. The van der Waals surface area contributed by atoms with E-state index in [2.05, 4.69) is 17.1 Å². The van der Waals surface area contributed by atoms with Gasteiger partial charge in [0.25, 0.3) is 0 Å². The van der Waals surface area contributed by atoms with Crippen LogP contribution in [-0.2, 0) is 4.79 Å². The lowest BCUT2D eigenvalue weighted by atomic mass is 9.92. The van der Waals surface area contributed by atoms with E-state index in [0.717, 1.165) is 19.5 Å². The van der Waals surface area contributed by atoms with Gasteiger partial charge in [-0.15, -0.1) is 0 Å². The summed E-state index contributed by atoms with van der Waals surface area (Å²) in [4.78, 5) is 13.3. The van der Waals surface area contributed by atoms with Crippen molar-refractivity contribution in [2.45, 2.75) is 51.1 Å². The average Bonchev–Trinajstić information content (AvgIpc) is 2.75. The molecule has 2 aliphatic rings. The fourth-order valence-electron chi connectivity index (χ4n) is 3.39. The number of hydrogen-bond donors (Lipinski definition) is 2. The number of carbonyl (C=O) groups is 1. The average molecular weight is 240 g/mol. The molecule has 3 atom stereocenters. The van der Waals surface area contributed by atoms with Crippen molar-refractivity contribution in [3.63, 3.8) is 0 Å². The topological polar surface area (TPSA) is 52.6 Å². The number of piperidine rings is 1. The summed E-state index contributed by atoms with van der Waals surface area (Å²) in [6, 6.07) is 1.18. The van der Waals surface area contributed by atoms with Crippen molar-refractivity contribution in [3.05, 3.63) is 0 Å². The molecule has 17 heavy (non-hydrogen) atoms. The summed E-state index contributed by atoms with van der Waals surface area (Å²) in [5, 5.41) is 12.2. The Morgan fingerprint density at radius 2 is 2.29 bits per heavy atom. The highest BCUT2D eigenvalue weighted by Crippen LogP contribution is 2.29. The molecule has 2 N–H and O–H groups in total. The Bertz CT molecular complexity index is 270. The SMILES string of the molecule is CC1CNCCC1N1CCCC1CCC(=O)O. The highest BCUT2D eigenvalue weighted by atomic mass is 16.4. The van der Waals surface area contributed by atoms with Crippen LogP contribution in [0.15, 0.2) is 0 Å². The van der Waals surface area contributed by atoms with E-state index in [9.17, 15) is 4.79 Å². The quantitative estimate of drug-likeness (QED) is 0.778. The van der Waals surface area contributed by atoms with Gasteiger partial charge in [0.1, 0.15) is 0 Å². The van der Waals surface area contributed by atoms with Gasteiger partial charge in [-0.2, -0.15) is 0 Å². The van der Waals surface area contributed by atoms with Crippen molar-refractivity contribution in [2.75, 3.05) is 19.6 Å². The molecular formula is C13H24N2O2. The van der Waals surface area contributed by atoms with Gasteiger partial charge < -0.3 is 10.4 Å². The molecule has 2 heterocycles. The summed E-state index contributed by atoms with van der Waals surface area (Å²) in [5.74, 6) is 0.0318. The van der Waals surface area contributed by atoms with Crippen LogP contribution in [0.1, 0.15) is 39.0 Å². The molecule has 0 spiro atoms. The van der Waals surface area contributed by atoms with E-state index in [1.807, 2.05) is 0 Å². The number of carboxylic acids is 1. The molecule has 0 aromatic carbocycles. The van der Waals surface area contributed by atoms with E-state index in [1.54, 1.807) is 0 Å². The van der Waals surface area contributed by atoms with Crippen LogP contribution in [0.4, 0.5) is 0 Å². The van der Waals surface area contributed by atoms with Gasteiger partial charge >= 0.3 is 5.97 Å². The third-order valence-corrected chi connectivity index (χ3v) is 4.28. The summed E-state index contributed by atoms with van der Waals surface area (Å²) in [5.41, 5.74) is 0. The van der Waals surface area contributed by atoms with Crippen molar-refractivity contribution in [1.29, 1.82) is 0 Å². The van der Waals surface area contributed by atoms with Gasteiger partial charge in [0.05, 0.1) is 0 Å². The van der Waals surface area contributed by atoms with Crippen LogP contribution in [0.3, 0.4) is 0 Å². The molecule has 98 valence electrons. The van der Waals surface area contributed by atoms with Crippen LogP contribution in [0.25, 0.3) is 0 Å². The normalized spacial score (nSPS) is 35.0. The summed E-state index contributed by atoms with van der Waals surface area (Å²) >= 11 is 0. The first-order valence-electron chi connectivity index (χ1n) is 6.86. The maximum absolute atomic E-state index is 10.7. The highest BCUT2D eigenvalue weighted by Gasteiger charge is 2.34. The number of hydrogen-bond acceptors (Lipinski definition) is 3. The molecule has 2 aliphatic heterocycles. The van der Waals surface area contributed by atoms with Gasteiger partial charge in [0.2, 0.25) is 0 Å². The van der Waals surface area contributed by atoms with Crippen molar-refractivity contribution in [1.82, 2.24) is 10.2 Å². The Hall–Kier alpha value is -0.610. The molecule has 2 rings (SSSR count). The standard InChI is InChI=1S/C13H24N2O2/c1-10-9-14-7-6-12(10)15-8-2-3-11(15)4-5-13(16)17/h10-12,14H,2-9H2,1H3,(H,16,17). The number of nitrogens with zero attached hydrogens (tertiary/aromatic N) is 1. The lowest BCUT2D eigenvalue weighted by Gasteiger charge is -2.40. The van der Waals surface area contributed by atoms with Gasteiger partial charge in [-0.3, -0.25) is 9.69 Å². The van der Waals surface area contributed by atoms with Gasteiger partial charge in [-0.05, 0) is 51.2 Å². The zero-order valence-electron chi connectivity index (χ0n) is 10.7. The first kappa shape index (κ1) is 12.8. The number of likely N-dealkylation sites (tertiary alicyclic amines) is 1. The highest BCUT2D eigenvalue weighted by molar-refractivity contribution is 5.66. The third-order valence-electron chi connectivity index (χ3n) is 4.28. The molecule has 4 heteroatoms. The molecule has 3 unspecified atom stereocenters. The molecule has 0 bridgehead atoms. The van der Waals surface area contributed by atoms with Gasteiger partial charge in [0, 0.05) is 18.5 Å². The van der Waals surface area contributed by atoms with Crippen LogP contribution in [0.5, 0.6) is 0 Å². The number of carboxylic acid groups (broad SMARTS) is 1. The molecule has 0 aromatic rings. The lowest BCUT2D eigenvalue weighted by molar-refractivity contribution is -0.137. The fraction of sp³-hybridized carbons (Fsp3) is 0.923. The Balaban J connectivity index is 1.91. The smallest absolute Gasteiger partial charge is 0.303 e. The molecule has 0 saturated carbocycles. The van der Waals surface area contributed by atoms with Crippen LogP contribution < -0.4 is 5.32 Å². The van der Waals surface area contributed by atoms with Gasteiger partial charge in [-0.1, -0.05) is 6.92 Å². The first-order valence-corrected chi connectivity index (χ1v) is 6.86. The van der Waals surface area contributed by atoms with E-state index in [0.29, 0.717) is 24.4 Å². The predicted octanol–water partition coefficient (Wildman–Crippen LogP) is 1.31. The van der Waals surface area contributed by atoms with Crippen LogP contribution >= 0.6 is 0 Å². The second-order valence-corrected chi connectivity index (χ2v) is 5.50. The Morgan fingerprint density at radius 1 is 1.47 bits per heavy atom. The summed E-state index contributed by atoms with van der Waals surface area (Å²) in [6.07, 6.45) is 4.78. The van der Waals surface area contributed by atoms with Crippen molar-refractivity contribution in [3.8, 4) is 0 Å². The zero-order chi connectivity index (χ0) is 12.3. The van der Waals surface area contributed by atoms with Crippen LogP contribution in [-0.4, -0.2) is 47.7 Å². The summed E-state index contributed by atoms with van der Waals surface area (Å²) in [7, 11) is 0. The Labute approximate surface area is 103 Å². The van der Waals surface area contributed by atoms with E-state index in [-0.39, 0.29) is 0 Å². The summed E-state index contributed by atoms with van der Waals surface area (Å²) < 4.78 is 0. The second-order valence-electron chi connectivity index (χ2n) is 5.50. The number of nitrogens with one attached hydrogen (secondary N) is 1. The van der Waals surface area contributed by atoms with Crippen LogP contribution in [0.2, 0.25) is 0 Å². The van der Waals surface area contributed by atoms with E-state index >= 15 is 0 Å². The molecule has 4 nitrogen and oxygen atoms in total. The maximum Gasteiger partial charge on any atom is 0.303 e. The lowest BCUT2D eigenvalue weighted by Crippen LogP contribution is -2.50. The minimum atomic E-state index is -0.657. The predicted molar refractivity (Wildman–Crippen MR) is 67.0 cm³/mol. The minimum absolute atomic E-state index is 0.320. The van der Waals surface area contributed by atoms with Crippen LogP contribution in [0, 0.1) is 5.92 Å². The Morgan fingerprint density at radius 3 is 3.00 bits per heavy atom. The molecular weight excluding hydrogens is 216 g/mol. The van der Waals surface area contributed by atoms with Crippen molar-refractivity contribution >= 4 is 5.97 Å². The van der Waals surface area contributed by atoms with Crippen molar-refractivity contribution in [2.24, 2.45) is 5.92 Å². The molecule has 2 fully saturated rings. The molecule has 0 aliphatic carbocycles. The molecule has 0 aromatic heterocycles. The van der Waals surface area contributed by atoms with E-state index in [1.165, 1.54) is 25.8 Å². The van der Waals surface area contributed by atoms with Crippen molar-refractivity contribution < 1.29 is 9.90 Å². The van der Waals surface area contributed by atoms with Gasteiger partial charge in [0.15, 0.2) is 0 Å². The molecule has 0 amide bonds. The third kappa shape index (κ3) is 3.19. The molecule has 2 saturated heterocycles. The van der Waals surface area contributed by atoms with E-state index < -0.39 is 5.97 Å². The largest absolute Gasteiger partial charge is 0.481 e. The number of aliphatic carboxylic acids is 1. The zero-order valence-corrected chi connectivity index (χ0v) is 10.7. The fourth-order valence-corrected chi connectivity index (χ4v) is 3.39. The monoisotopic (exact) mass is 240 g/mol. The maximum atomic E-state index is 10.7.